The van der Waals surface area contributed by atoms with Crippen molar-refractivity contribution in [2.75, 3.05) is 0 Å². The summed E-state index contributed by atoms with van der Waals surface area (Å²) in [5.74, 6) is 0. The first-order chi connectivity index (χ1) is 5.00. The van der Waals surface area contributed by atoms with E-state index in [0.717, 1.165) is 25.7 Å². The van der Waals surface area contributed by atoms with Crippen LogP contribution in [0.4, 0.5) is 0 Å². The summed E-state index contributed by atoms with van der Waals surface area (Å²) in [6.45, 7) is 0. The second-order valence-corrected chi connectivity index (χ2v) is 2.13. The van der Waals surface area contributed by atoms with Gasteiger partial charge in [-0.3, -0.25) is 0 Å². The minimum Gasteiger partial charge on any atom is -0.335 e. The molecule has 0 atom stereocenters. The molecule has 2 aliphatic carbocycles. The number of rotatable bonds is 0. The van der Waals surface area contributed by atoms with Crippen LogP contribution < -0.4 is 0 Å². The molecule has 0 aromatic heterocycles. The Labute approximate surface area is 78.3 Å². The van der Waals surface area contributed by atoms with Crippen molar-refractivity contribution in [3.8, 4) is 0 Å². The van der Waals surface area contributed by atoms with Gasteiger partial charge in [-0.25, -0.2) is 12.2 Å². The van der Waals surface area contributed by atoms with Crippen LogP contribution in [0.5, 0.6) is 0 Å². The molecule has 0 radical (unpaired) electrons. The van der Waals surface area contributed by atoms with E-state index in [4.69, 9.17) is 0 Å². The molecule has 60 valence electrons. The molecule has 0 bridgehead atoms. The zero-order valence-corrected chi connectivity index (χ0v) is 7.29. The minimum atomic E-state index is 0. The van der Waals surface area contributed by atoms with Crippen LogP contribution in [0.1, 0.15) is 25.7 Å². The molecule has 0 heterocycles. The van der Waals surface area contributed by atoms with E-state index < -0.39 is 0 Å². The largest absolute Gasteiger partial charge is 2.00 e. The first-order valence-corrected chi connectivity index (χ1v) is 3.60. The van der Waals surface area contributed by atoms with E-state index in [1.807, 2.05) is 12.2 Å². The van der Waals surface area contributed by atoms with E-state index in [9.17, 15) is 0 Å². The summed E-state index contributed by atoms with van der Waals surface area (Å²) in [4.78, 5) is 0. The summed E-state index contributed by atoms with van der Waals surface area (Å²) < 4.78 is 0. The molecule has 0 aromatic rings. The van der Waals surface area contributed by atoms with Gasteiger partial charge in [0.25, 0.3) is 0 Å². The molecule has 0 N–H and O–H groups in total. The fourth-order valence-electron chi connectivity index (χ4n) is 0.722. The van der Waals surface area contributed by atoms with Gasteiger partial charge in [0.1, 0.15) is 0 Å². The van der Waals surface area contributed by atoms with Crippen LogP contribution in [0.15, 0.2) is 23.6 Å². The van der Waals surface area contributed by atoms with E-state index in [2.05, 4.69) is 23.6 Å². The molecular weight excluding hydrogens is 179 g/mol. The molecular formula is C10H10Ni. The molecule has 2 rings (SSSR count). The number of hydrogen-bond acceptors (Lipinski definition) is 0. The summed E-state index contributed by atoms with van der Waals surface area (Å²) >= 11 is 0. The van der Waals surface area contributed by atoms with Gasteiger partial charge in [-0.1, -0.05) is 0 Å². The molecule has 0 aliphatic heterocycles. The van der Waals surface area contributed by atoms with Crippen molar-refractivity contribution in [1.82, 2.24) is 0 Å². The van der Waals surface area contributed by atoms with Crippen molar-refractivity contribution in [1.29, 1.82) is 0 Å². The van der Waals surface area contributed by atoms with Crippen LogP contribution in [0.25, 0.3) is 0 Å². The van der Waals surface area contributed by atoms with Gasteiger partial charge in [-0.15, -0.1) is 25.7 Å². The smallest absolute Gasteiger partial charge is 0.335 e. The monoisotopic (exact) mass is 188 g/mol. The fourth-order valence-corrected chi connectivity index (χ4v) is 0.722. The molecule has 2 aliphatic rings. The van der Waals surface area contributed by atoms with Gasteiger partial charge in [-0.2, -0.15) is 12.2 Å². The standard InChI is InChI=1S/2C5H5.Ni/c2*1-2-4-5-3-1;/h2*1H,2,4H2;/q2*-1;+2. The van der Waals surface area contributed by atoms with Gasteiger partial charge < -0.3 is 11.5 Å². The van der Waals surface area contributed by atoms with Crippen molar-refractivity contribution in [3.05, 3.63) is 35.8 Å². The van der Waals surface area contributed by atoms with E-state index in [0.29, 0.717) is 0 Å². The predicted molar refractivity (Wildman–Crippen MR) is 41.1 cm³/mol. The molecule has 0 saturated carbocycles. The first kappa shape index (κ1) is 10.5. The van der Waals surface area contributed by atoms with Gasteiger partial charge in [0.15, 0.2) is 0 Å². The van der Waals surface area contributed by atoms with Gasteiger partial charge in [0.2, 0.25) is 0 Å². The van der Waals surface area contributed by atoms with Crippen molar-refractivity contribution >= 4 is 0 Å². The van der Waals surface area contributed by atoms with E-state index in [1.54, 1.807) is 0 Å². The Hall–Kier alpha value is -0.466. The van der Waals surface area contributed by atoms with Crippen LogP contribution in [-0.4, -0.2) is 0 Å². The quantitative estimate of drug-likeness (QED) is 0.312. The van der Waals surface area contributed by atoms with Gasteiger partial charge in [-0.05, 0) is 0 Å². The Morgan fingerprint density at radius 2 is 1.36 bits per heavy atom. The van der Waals surface area contributed by atoms with Gasteiger partial charge >= 0.3 is 16.5 Å². The van der Waals surface area contributed by atoms with Crippen LogP contribution >= 0.6 is 0 Å². The summed E-state index contributed by atoms with van der Waals surface area (Å²) in [6.07, 6.45) is 14.3. The minimum absolute atomic E-state index is 0. The molecule has 1 heteroatoms. The zero-order valence-electron chi connectivity index (χ0n) is 6.30. The molecule has 0 spiro atoms. The van der Waals surface area contributed by atoms with Crippen molar-refractivity contribution < 1.29 is 16.5 Å². The molecule has 0 amide bonds. The summed E-state index contributed by atoms with van der Waals surface area (Å²) in [7, 11) is 0. The number of hydrogen-bond donors (Lipinski definition) is 0. The molecule has 0 saturated heterocycles. The topological polar surface area (TPSA) is 0 Å². The molecule has 0 nitrogen and oxygen atoms in total. The van der Waals surface area contributed by atoms with Crippen LogP contribution in [0.3, 0.4) is 0 Å². The molecule has 11 heavy (non-hydrogen) atoms. The third-order valence-corrected chi connectivity index (χ3v) is 1.24. The Morgan fingerprint density at radius 1 is 0.909 bits per heavy atom. The Morgan fingerprint density at radius 3 is 1.45 bits per heavy atom. The maximum Gasteiger partial charge on any atom is 2.00 e. The average Bonchev–Trinajstić information content (AvgIpc) is 2.67. The van der Waals surface area contributed by atoms with Crippen molar-refractivity contribution in [2.45, 2.75) is 25.7 Å². The maximum atomic E-state index is 2.92. The normalized spacial score (nSPS) is 16.0. The zero-order chi connectivity index (χ0) is 7.07. The summed E-state index contributed by atoms with van der Waals surface area (Å²) in [6, 6.07) is 0. The van der Waals surface area contributed by atoms with Gasteiger partial charge in [0.05, 0.1) is 0 Å². The third kappa shape index (κ3) is 5.95. The molecule has 0 unspecified atom stereocenters. The van der Waals surface area contributed by atoms with Crippen LogP contribution in [0, 0.1) is 12.2 Å². The number of allylic oxidation sites excluding steroid dienone is 2. The van der Waals surface area contributed by atoms with Gasteiger partial charge in [0, 0.05) is 0 Å². The average molecular weight is 189 g/mol. The Bertz CT molecular complexity index is 161. The first-order valence-electron chi connectivity index (χ1n) is 3.60. The SMILES string of the molecule is C1=[C-]CCC=1.C1=[C-]CCC=1.[Ni+2]. The van der Waals surface area contributed by atoms with Crippen molar-refractivity contribution in [2.24, 2.45) is 0 Å². The third-order valence-electron chi connectivity index (χ3n) is 1.24. The second-order valence-electron chi connectivity index (χ2n) is 2.13. The molecule has 0 fully saturated rings. The van der Waals surface area contributed by atoms with Crippen LogP contribution in [0.2, 0.25) is 0 Å². The van der Waals surface area contributed by atoms with E-state index >= 15 is 0 Å². The van der Waals surface area contributed by atoms with E-state index in [-0.39, 0.29) is 16.5 Å². The van der Waals surface area contributed by atoms with E-state index in [1.165, 1.54) is 0 Å². The molecule has 0 aromatic carbocycles. The maximum absolute atomic E-state index is 2.92. The van der Waals surface area contributed by atoms with Crippen molar-refractivity contribution in [3.63, 3.8) is 0 Å². The van der Waals surface area contributed by atoms with Crippen LogP contribution in [-0.2, 0) is 16.5 Å². The Kier molecular flexibility index (Phi) is 7.31. The summed E-state index contributed by atoms with van der Waals surface area (Å²) in [5, 5.41) is 0. The summed E-state index contributed by atoms with van der Waals surface area (Å²) in [5.41, 5.74) is 5.69. The predicted octanol–water partition coefficient (Wildman–Crippen LogP) is 2.59. The Balaban J connectivity index is 0.000000167. The second kappa shape index (κ2) is 7.64. The fraction of sp³-hybridized carbons (Fsp3) is 0.400.